The fraction of sp³-hybridized carbons (Fsp3) is 1.00. The van der Waals surface area contributed by atoms with Crippen molar-refractivity contribution in [2.24, 2.45) is 0 Å². The summed E-state index contributed by atoms with van der Waals surface area (Å²) in [6.07, 6.45) is 0.940. The summed E-state index contributed by atoms with van der Waals surface area (Å²) < 4.78 is 43.3. The topological polar surface area (TPSA) is 83.6 Å². The summed E-state index contributed by atoms with van der Waals surface area (Å²) in [4.78, 5) is 0. The second-order valence-corrected chi connectivity index (χ2v) is 9.88. The second-order valence-electron chi connectivity index (χ2n) is 3.93. The van der Waals surface area contributed by atoms with Crippen LogP contribution in [-0.4, -0.2) is 72.6 Å². The highest BCUT2D eigenvalue weighted by Gasteiger charge is 2.11. The normalized spacial score (nSPS) is 11.2. The molecular weight excluding hydrogens is 383 g/mol. The van der Waals surface area contributed by atoms with Gasteiger partial charge in [-0.1, -0.05) is 0 Å². The van der Waals surface area contributed by atoms with Gasteiger partial charge in [-0.15, -0.1) is 23.2 Å². The van der Waals surface area contributed by atoms with Gasteiger partial charge in [0.1, 0.15) is 0 Å². The average Bonchev–Trinajstić information content (AvgIpc) is 2.34. The molecule has 132 valence electrons. The Morgan fingerprint density at radius 1 is 0.905 bits per heavy atom. The number of sulfonamides is 1. The van der Waals surface area contributed by atoms with Crippen molar-refractivity contribution in [2.75, 3.05) is 51.5 Å². The zero-order chi connectivity index (χ0) is 17.5. The highest BCUT2D eigenvalue weighted by Crippen LogP contribution is 1.99. The van der Waals surface area contributed by atoms with E-state index >= 15 is 0 Å². The highest BCUT2D eigenvalue weighted by atomic mass is 35.7. The van der Waals surface area contributed by atoms with Gasteiger partial charge in [0.25, 0.3) is 0 Å². The van der Waals surface area contributed by atoms with Gasteiger partial charge < -0.3 is 5.32 Å². The maximum absolute atomic E-state index is 11.0. The van der Waals surface area contributed by atoms with Crippen molar-refractivity contribution in [2.45, 2.75) is 12.8 Å². The molecule has 6 nitrogen and oxygen atoms in total. The van der Waals surface area contributed by atoms with Gasteiger partial charge in [0, 0.05) is 36.5 Å². The summed E-state index contributed by atoms with van der Waals surface area (Å²) in [6.45, 7) is 0. The van der Waals surface area contributed by atoms with Crippen LogP contribution in [0.4, 0.5) is 0 Å². The van der Waals surface area contributed by atoms with Crippen LogP contribution in [0.25, 0.3) is 0 Å². The highest BCUT2D eigenvalue weighted by molar-refractivity contribution is 8.13. The maximum atomic E-state index is 11.0. The average molecular weight is 408 g/mol. The minimum atomic E-state index is -3.30. The van der Waals surface area contributed by atoms with Gasteiger partial charge >= 0.3 is 0 Å². The Kier molecular flexibility index (Phi) is 19.7. The predicted octanol–water partition coefficient (Wildman–Crippen LogP) is 1.53. The molecule has 0 unspecified atom stereocenters. The van der Waals surface area contributed by atoms with E-state index in [9.17, 15) is 16.8 Å². The third-order valence-corrected chi connectivity index (χ3v) is 5.31. The first kappa shape index (κ1) is 26.6. The van der Waals surface area contributed by atoms with Crippen LogP contribution in [0.1, 0.15) is 12.8 Å². The van der Waals surface area contributed by atoms with E-state index < -0.39 is 19.1 Å². The molecule has 0 amide bonds. The molecule has 0 aromatic heterocycles. The van der Waals surface area contributed by atoms with Crippen LogP contribution < -0.4 is 5.32 Å². The molecule has 0 saturated heterocycles. The summed E-state index contributed by atoms with van der Waals surface area (Å²) in [6, 6.07) is 0. The van der Waals surface area contributed by atoms with Gasteiger partial charge in [0.05, 0.1) is 11.5 Å². The van der Waals surface area contributed by atoms with E-state index in [4.69, 9.17) is 33.9 Å². The van der Waals surface area contributed by atoms with E-state index in [1.807, 2.05) is 14.1 Å². The first-order valence-electron chi connectivity index (χ1n) is 6.01. The third-order valence-electron chi connectivity index (χ3n) is 1.61. The first-order valence-corrected chi connectivity index (χ1v) is 11.2. The van der Waals surface area contributed by atoms with Gasteiger partial charge in [-0.2, -0.15) is 0 Å². The van der Waals surface area contributed by atoms with Crippen molar-refractivity contribution in [3.8, 4) is 0 Å². The summed E-state index contributed by atoms with van der Waals surface area (Å²) in [5, 5.41) is 2.75. The molecule has 0 aromatic carbocycles. The number of rotatable bonds is 7. The summed E-state index contributed by atoms with van der Waals surface area (Å²) in [5.74, 6) is 0.848. The molecule has 0 aliphatic rings. The van der Waals surface area contributed by atoms with Gasteiger partial charge in [-0.25, -0.2) is 21.1 Å². The minimum absolute atomic E-state index is 0.0297. The number of alkyl halides is 2. The molecule has 0 radical (unpaired) electrons. The Morgan fingerprint density at radius 3 is 1.43 bits per heavy atom. The minimum Gasteiger partial charge on any atom is -0.323 e. The molecule has 21 heavy (non-hydrogen) atoms. The monoisotopic (exact) mass is 406 g/mol. The molecule has 0 rings (SSSR count). The lowest BCUT2D eigenvalue weighted by molar-refractivity contribution is 0.519. The number of hydrogen-bond donors (Lipinski definition) is 1. The lowest BCUT2D eigenvalue weighted by Crippen LogP contribution is -2.25. The Labute approximate surface area is 143 Å². The molecule has 0 aliphatic carbocycles. The standard InChI is InChI=1S/C5H12ClNO2S.C3H6Cl2O2S.C2H7N/c1-7(2)10(8,9)5-3-4-6;4-2-1-3-8(5,6)7;1-3-2/h3-5H2,1-2H3;1-3H2;3H,1-2H3. The molecule has 1 N–H and O–H groups in total. The SMILES string of the molecule is CN(C)S(=O)(=O)CCCCl.CNC.O=S(=O)(Cl)CCCCl. The van der Waals surface area contributed by atoms with Crippen molar-refractivity contribution in [1.82, 2.24) is 9.62 Å². The van der Waals surface area contributed by atoms with Crippen molar-refractivity contribution < 1.29 is 16.8 Å². The van der Waals surface area contributed by atoms with E-state index in [1.54, 1.807) is 0 Å². The Balaban J connectivity index is -0.000000264. The van der Waals surface area contributed by atoms with Crippen molar-refractivity contribution in [1.29, 1.82) is 0 Å². The molecule has 11 heteroatoms. The van der Waals surface area contributed by atoms with Crippen LogP contribution in [0.5, 0.6) is 0 Å². The molecule has 0 spiro atoms. The smallest absolute Gasteiger partial charge is 0.232 e. The lowest BCUT2D eigenvalue weighted by Gasteiger charge is -2.09. The van der Waals surface area contributed by atoms with Crippen LogP contribution in [-0.2, 0) is 19.1 Å². The molecule has 0 fully saturated rings. The summed E-state index contributed by atoms with van der Waals surface area (Å²) >= 11 is 10.5. The third kappa shape index (κ3) is 25.9. The molecule has 0 bridgehead atoms. The fourth-order valence-corrected chi connectivity index (χ4v) is 2.92. The molecule has 0 saturated carbocycles. The van der Waals surface area contributed by atoms with Crippen LogP contribution >= 0.6 is 33.9 Å². The van der Waals surface area contributed by atoms with Crippen molar-refractivity contribution >= 4 is 53.0 Å². The molecule has 0 atom stereocenters. The largest absolute Gasteiger partial charge is 0.323 e. The van der Waals surface area contributed by atoms with Crippen LogP contribution in [0.2, 0.25) is 0 Å². The number of hydrogen-bond acceptors (Lipinski definition) is 5. The van der Waals surface area contributed by atoms with Crippen LogP contribution in [0, 0.1) is 0 Å². The van der Waals surface area contributed by atoms with Gasteiger partial charge in [-0.05, 0) is 26.9 Å². The maximum Gasteiger partial charge on any atom is 0.232 e. The van der Waals surface area contributed by atoms with E-state index in [0.717, 1.165) is 0 Å². The second kappa shape index (κ2) is 15.6. The summed E-state index contributed by atoms with van der Waals surface area (Å²) in [7, 11) is 5.30. The van der Waals surface area contributed by atoms with Gasteiger partial charge in [0.15, 0.2) is 0 Å². The van der Waals surface area contributed by atoms with Crippen LogP contribution in [0.15, 0.2) is 0 Å². The predicted molar refractivity (Wildman–Crippen MR) is 92.8 cm³/mol. The van der Waals surface area contributed by atoms with E-state index in [1.165, 1.54) is 18.4 Å². The molecule has 0 aromatic rings. The Hall–Kier alpha value is 0.690. The van der Waals surface area contributed by atoms with Gasteiger partial charge in [0.2, 0.25) is 19.1 Å². The zero-order valence-corrected chi connectivity index (χ0v) is 16.7. The number of nitrogens with zero attached hydrogens (tertiary/aromatic N) is 1. The number of halogens is 3. The van der Waals surface area contributed by atoms with Crippen molar-refractivity contribution in [3.63, 3.8) is 0 Å². The lowest BCUT2D eigenvalue weighted by atomic mass is 10.6. The Bertz CT molecular complexity index is 414. The fourth-order valence-electron chi connectivity index (χ4n) is 0.646. The van der Waals surface area contributed by atoms with Crippen molar-refractivity contribution in [3.05, 3.63) is 0 Å². The van der Waals surface area contributed by atoms with Gasteiger partial charge in [-0.3, -0.25) is 0 Å². The van der Waals surface area contributed by atoms with E-state index in [0.29, 0.717) is 24.6 Å². The first-order chi connectivity index (χ1) is 9.48. The van der Waals surface area contributed by atoms with Crippen LogP contribution in [0.3, 0.4) is 0 Å². The number of nitrogens with one attached hydrogen (secondary N) is 1. The molecular formula is C10H25Cl3N2O4S2. The Morgan fingerprint density at radius 2 is 1.24 bits per heavy atom. The van der Waals surface area contributed by atoms with E-state index in [-0.39, 0.29) is 11.5 Å². The van der Waals surface area contributed by atoms with E-state index in [2.05, 4.69) is 5.32 Å². The quantitative estimate of drug-likeness (QED) is 0.511. The zero-order valence-electron chi connectivity index (χ0n) is 12.8. The molecule has 0 aliphatic heterocycles. The summed E-state index contributed by atoms with van der Waals surface area (Å²) in [5.41, 5.74) is 0. The molecule has 0 heterocycles.